The van der Waals surface area contributed by atoms with E-state index in [1.807, 2.05) is 0 Å². The third kappa shape index (κ3) is 4.48. The number of piperazine rings is 1. The first-order valence-corrected chi connectivity index (χ1v) is 9.24. The Morgan fingerprint density at radius 2 is 1.34 bits per heavy atom. The molecule has 1 aliphatic heterocycles. The molecule has 3 aromatic rings. The zero-order chi connectivity index (χ0) is 20.2. The second-order valence-electron chi connectivity index (χ2n) is 6.69. The number of hydrogen-bond acceptors (Lipinski definition) is 5. The van der Waals surface area contributed by atoms with Crippen molar-refractivity contribution < 1.29 is 13.6 Å². The van der Waals surface area contributed by atoms with Gasteiger partial charge in [0.1, 0.15) is 11.6 Å². The molecule has 29 heavy (non-hydrogen) atoms. The summed E-state index contributed by atoms with van der Waals surface area (Å²) in [7, 11) is 0. The van der Waals surface area contributed by atoms with E-state index in [1.54, 1.807) is 24.3 Å². The molecule has 2 aromatic carbocycles. The van der Waals surface area contributed by atoms with Crippen LogP contribution in [0.5, 0.6) is 0 Å². The quantitative estimate of drug-likeness (QED) is 0.734. The molecule has 1 aromatic heterocycles. The lowest BCUT2D eigenvalue weighted by molar-refractivity contribution is 0.102. The molecule has 0 spiro atoms. The molecular formula is C21H19F2N5O. The Morgan fingerprint density at radius 1 is 0.759 bits per heavy atom. The molecular weight excluding hydrogens is 376 g/mol. The van der Waals surface area contributed by atoms with Crippen LogP contribution < -0.4 is 15.1 Å². The van der Waals surface area contributed by atoms with E-state index in [0.717, 1.165) is 37.7 Å². The van der Waals surface area contributed by atoms with Gasteiger partial charge in [0.2, 0.25) is 0 Å². The molecule has 0 atom stereocenters. The first kappa shape index (κ1) is 18.8. The van der Waals surface area contributed by atoms with Crippen LogP contribution in [-0.2, 0) is 0 Å². The topological polar surface area (TPSA) is 61.4 Å². The second-order valence-corrected chi connectivity index (χ2v) is 6.69. The summed E-state index contributed by atoms with van der Waals surface area (Å²) >= 11 is 0. The molecule has 148 valence electrons. The van der Waals surface area contributed by atoms with Gasteiger partial charge >= 0.3 is 0 Å². The number of carbonyl (C=O) groups excluding carboxylic acids is 1. The van der Waals surface area contributed by atoms with Gasteiger partial charge in [0, 0.05) is 37.4 Å². The number of carbonyl (C=O) groups is 1. The maximum absolute atomic E-state index is 13.1. The number of nitrogens with one attached hydrogen (secondary N) is 1. The first-order chi connectivity index (χ1) is 14.1. The van der Waals surface area contributed by atoms with Gasteiger partial charge in [-0.2, -0.15) is 0 Å². The zero-order valence-corrected chi connectivity index (χ0v) is 15.6. The van der Waals surface area contributed by atoms with Gasteiger partial charge in [-0.3, -0.25) is 4.79 Å². The summed E-state index contributed by atoms with van der Waals surface area (Å²) < 4.78 is 26.0. The van der Waals surface area contributed by atoms with Gasteiger partial charge in [-0.15, -0.1) is 10.2 Å². The fraction of sp³-hybridized carbons (Fsp3) is 0.190. The van der Waals surface area contributed by atoms with Crippen molar-refractivity contribution >= 4 is 23.2 Å². The number of hydrogen-bond donors (Lipinski definition) is 1. The summed E-state index contributed by atoms with van der Waals surface area (Å²) in [4.78, 5) is 16.5. The van der Waals surface area contributed by atoms with Crippen LogP contribution in [0.4, 0.5) is 26.1 Å². The minimum atomic E-state index is -0.398. The lowest BCUT2D eigenvalue weighted by Gasteiger charge is -2.36. The summed E-state index contributed by atoms with van der Waals surface area (Å²) in [5.41, 5.74) is 1.34. The van der Waals surface area contributed by atoms with Crippen LogP contribution in [0.3, 0.4) is 0 Å². The van der Waals surface area contributed by atoms with E-state index in [4.69, 9.17) is 0 Å². The van der Waals surface area contributed by atoms with Crippen LogP contribution in [0.2, 0.25) is 0 Å². The van der Waals surface area contributed by atoms with Gasteiger partial charge in [0.15, 0.2) is 11.6 Å². The average molecular weight is 395 g/mol. The third-order valence-corrected chi connectivity index (χ3v) is 4.79. The van der Waals surface area contributed by atoms with Crippen LogP contribution in [0, 0.1) is 11.6 Å². The monoisotopic (exact) mass is 395 g/mol. The maximum Gasteiger partial charge on any atom is 0.256 e. The van der Waals surface area contributed by atoms with E-state index in [-0.39, 0.29) is 11.7 Å². The number of rotatable bonds is 4. The Morgan fingerprint density at radius 3 is 1.93 bits per heavy atom. The summed E-state index contributed by atoms with van der Waals surface area (Å²) in [5.74, 6) is 0.0380. The molecule has 6 nitrogen and oxygen atoms in total. The number of halogens is 2. The van der Waals surface area contributed by atoms with Gasteiger partial charge in [-0.05, 0) is 60.7 Å². The normalized spacial score (nSPS) is 14.0. The molecule has 2 heterocycles. The highest BCUT2D eigenvalue weighted by molar-refractivity contribution is 6.03. The highest BCUT2D eigenvalue weighted by Crippen LogP contribution is 2.20. The Labute approximate surface area is 166 Å². The Hall–Kier alpha value is -3.55. The third-order valence-electron chi connectivity index (χ3n) is 4.79. The Kier molecular flexibility index (Phi) is 5.33. The number of nitrogens with zero attached hydrogens (tertiary/aromatic N) is 4. The van der Waals surface area contributed by atoms with Crippen LogP contribution in [0.25, 0.3) is 0 Å². The molecule has 1 N–H and O–H groups in total. The lowest BCUT2D eigenvalue weighted by Crippen LogP contribution is -2.46. The summed E-state index contributed by atoms with van der Waals surface area (Å²) in [6, 6.07) is 15.3. The highest BCUT2D eigenvalue weighted by atomic mass is 19.1. The fourth-order valence-corrected chi connectivity index (χ4v) is 3.20. The zero-order valence-electron chi connectivity index (χ0n) is 15.6. The number of benzene rings is 2. The predicted molar refractivity (Wildman–Crippen MR) is 107 cm³/mol. The predicted octanol–water partition coefficient (Wildman–Crippen LogP) is 3.33. The Balaban J connectivity index is 1.34. The van der Waals surface area contributed by atoms with Crippen LogP contribution in [-0.4, -0.2) is 42.3 Å². The Bertz CT molecular complexity index is 969. The SMILES string of the molecule is O=C(Nc1ccc(N2CCN(c3ccc(F)cc3)CC2)nn1)c1ccc(F)cc1. The first-order valence-electron chi connectivity index (χ1n) is 9.24. The molecule has 0 bridgehead atoms. The fourth-order valence-electron chi connectivity index (χ4n) is 3.20. The van der Waals surface area contributed by atoms with E-state index in [2.05, 4.69) is 25.3 Å². The molecule has 8 heteroatoms. The molecule has 0 unspecified atom stereocenters. The largest absolute Gasteiger partial charge is 0.368 e. The summed E-state index contributed by atoms with van der Waals surface area (Å²) in [6.07, 6.45) is 0. The molecule has 1 saturated heterocycles. The number of amides is 1. The lowest BCUT2D eigenvalue weighted by atomic mass is 10.2. The van der Waals surface area contributed by atoms with Crippen molar-refractivity contribution in [3.8, 4) is 0 Å². The van der Waals surface area contributed by atoms with Gasteiger partial charge in [0.05, 0.1) is 0 Å². The minimum Gasteiger partial charge on any atom is -0.368 e. The molecule has 0 radical (unpaired) electrons. The highest BCUT2D eigenvalue weighted by Gasteiger charge is 2.19. The van der Waals surface area contributed by atoms with Crippen molar-refractivity contribution in [3.05, 3.63) is 77.9 Å². The molecule has 1 aliphatic rings. The van der Waals surface area contributed by atoms with Crippen molar-refractivity contribution in [2.45, 2.75) is 0 Å². The van der Waals surface area contributed by atoms with Crippen LogP contribution >= 0.6 is 0 Å². The van der Waals surface area contributed by atoms with E-state index < -0.39 is 5.82 Å². The van der Waals surface area contributed by atoms with E-state index in [9.17, 15) is 13.6 Å². The maximum atomic E-state index is 13.1. The van der Waals surface area contributed by atoms with Gasteiger partial charge in [-0.1, -0.05) is 0 Å². The van der Waals surface area contributed by atoms with Crippen LogP contribution in [0.15, 0.2) is 60.7 Å². The van der Waals surface area contributed by atoms with Crippen molar-refractivity contribution in [3.63, 3.8) is 0 Å². The number of aromatic nitrogens is 2. The van der Waals surface area contributed by atoms with Gasteiger partial charge in [-0.25, -0.2) is 8.78 Å². The molecule has 0 saturated carbocycles. The van der Waals surface area contributed by atoms with E-state index in [0.29, 0.717) is 11.4 Å². The molecule has 1 amide bonds. The number of anilines is 3. The van der Waals surface area contributed by atoms with Crippen molar-refractivity contribution in [1.29, 1.82) is 0 Å². The molecule has 0 aliphatic carbocycles. The van der Waals surface area contributed by atoms with Crippen LogP contribution in [0.1, 0.15) is 10.4 Å². The van der Waals surface area contributed by atoms with Gasteiger partial charge < -0.3 is 15.1 Å². The smallest absolute Gasteiger partial charge is 0.256 e. The summed E-state index contributed by atoms with van der Waals surface area (Å²) in [5, 5.41) is 10.9. The average Bonchev–Trinajstić information content (AvgIpc) is 2.75. The van der Waals surface area contributed by atoms with Crippen molar-refractivity contribution in [2.75, 3.05) is 41.3 Å². The van der Waals surface area contributed by atoms with Crippen molar-refractivity contribution in [1.82, 2.24) is 10.2 Å². The minimum absolute atomic E-state index is 0.241. The summed E-state index contributed by atoms with van der Waals surface area (Å²) in [6.45, 7) is 3.09. The second kappa shape index (κ2) is 8.22. The van der Waals surface area contributed by atoms with E-state index in [1.165, 1.54) is 36.4 Å². The van der Waals surface area contributed by atoms with Crippen molar-refractivity contribution in [2.24, 2.45) is 0 Å². The van der Waals surface area contributed by atoms with Gasteiger partial charge in [0.25, 0.3) is 5.91 Å². The standard InChI is InChI=1S/C21H19F2N5O/c22-16-3-1-15(2-4-16)21(29)24-19-9-10-20(26-25-19)28-13-11-27(12-14-28)18-7-5-17(23)6-8-18/h1-10H,11-14H2,(H,24,25,29). The van der Waals surface area contributed by atoms with E-state index >= 15 is 0 Å². The molecule has 4 rings (SSSR count). The molecule has 1 fully saturated rings.